The van der Waals surface area contributed by atoms with Gasteiger partial charge in [0, 0.05) is 0 Å². The van der Waals surface area contributed by atoms with E-state index in [-0.39, 0.29) is 0 Å². The minimum absolute atomic E-state index is 0.522. The molecule has 0 radical (unpaired) electrons. The molecule has 8 heavy (non-hydrogen) atoms. The average Bonchev–Trinajstić information content (AvgIpc) is 1.65. The van der Waals surface area contributed by atoms with Gasteiger partial charge in [-0.15, -0.1) is 0 Å². The summed E-state index contributed by atoms with van der Waals surface area (Å²) in [6, 6.07) is 0. The molecule has 0 spiro atoms. The zero-order valence-corrected chi connectivity index (χ0v) is 5.91. The van der Waals surface area contributed by atoms with E-state index in [1.165, 1.54) is 0 Å². The van der Waals surface area contributed by atoms with Gasteiger partial charge in [-0.2, -0.15) is 4.21 Å². The van der Waals surface area contributed by atoms with Crippen LogP contribution in [-0.4, -0.2) is 14.3 Å². The molecular weight excluding hydrogens is 152 g/mol. The Morgan fingerprint density at radius 2 is 2.50 bits per heavy atom. The second-order valence-corrected chi connectivity index (χ2v) is 2.25. The van der Waals surface area contributed by atoms with E-state index in [0.29, 0.717) is 6.42 Å². The van der Waals surface area contributed by atoms with Gasteiger partial charge >= 0.3 is 11.4 Å². The highest BCUT2D eigenvalue weighted by molar-refractivity contribution is 7.74. The Morgan fingerprint density at radius 1 is 2.00 bits per heavy atom. The summed E-state index contributed by atoms with van der Waals surface area (Å²) in [4.78, 5) is 0. The molecule has 3 nitrogen and oxygen atoms in total. The minimum atomic E-state index is -2.23. The maximum atomic E-state index is 9.77. The Morgan fingerprint density at radius 3 is 2.62 bits per heavy atom. The van der Waals surface area contributed by atoms with Crippen molar-refractivity contribution < 1.29 is 12.9 Å². The molecule has 0 rings (SSSR count). The molecule has 2 unspecified atom stereocenters. The fourth-order valence-electron chi connectivity index (χ4n) is 0.157. The van der Waals surface area contributed by atoms with Crippen LogP contribution in [0.25, 0.3) is 0 Å². The van der Waals surface area contributed by atoms with Crippen molar-refractivity contribution in [1.29, 1.82) is 0 Å². The molecule has 0 aliphatic heterocycles. The molecule has 1 N–H and O–H groups in total. The van der Waals surface area contributed by atoms with Crippen LogP contribution < -0.4 is 0 Å². The Bertz CT molecular complexity index is 86.6. The number of rotatable bonds is 3. The molecule has 0 saturated carbocycles. The van der Waals surface area contributed by atoms with Gasteiger partial charge in [-0.3, -0.25) is 4.55 Å². The topological polar surface area (TPSA) is 46.5 Å². The van der Waals surface area contributed by atoms with Crippen molar-refractivity contribution in [2.75, 3.05) is 0 Å². The van der Waals surface area contributed by atoms with E-state index in [0.717, 1.165) is 0 Å². The quantitative estimate of drug-likeness (QED) is 0.495. The van der Waals surface area contributed by atoms with Crippen LogP contribution in [0.3, 0.4) is 0 Å². The summed E-state index contributed by atoms with van der Waals surface area (Å²) in [5.41, 5.74) is -0.652. The van der Waals surface area contributed by atoms with Gasteiger partial charge in [0.2, 0.25) is 0 Å². The first kappa shape index (κ1) is 8.36. The SMILES string of the molecule is CCC(Cl)OS(=O)O. The Labute approximate surface area is 55.5 Å². The van der Waals surface area contributed by atoms with Crippen LogP contribution in [-0.2, 0) is 15.5 Å². The first-order valence-electron chi connectivity index (χ1n) is 2.09. The third-order valence-corrected chi connectivity index (χ3v) is 1.41. The lowest BCUT2D eigenvalue weighted by atomic mass is 10.5. The van der Waals surface area contributed by atoms with Crippen molar-refractivity contribution in [2.45, 2.75) is 18.9 Å². The molecule has 0 aromatic carbocycles. The molecule has 2 atom stereocenters. The zero-order valence-electron chi connectivity index (χ0n) is 4.33. The van der Waals surface area contributed by atoms with Crippen LogP contribution in [0.15, 0.2) is 0 Å². The highest BCUT2D eigenvalue weighted by atomic mass is 35.5. The first-order chi connectivity index (χ1) is 3.66. The normalized spacial score (nSPS) is 17.9. The summed E-state index contributed by atoms with van der Waals surface area (Å²) in [7, 11) is 0. The lowest BCUT2D eigenvalue weighted by Crippen LogP contribution is -2.04. The van der Waals surface area contributed by atoms with E-state index in [4.69, 9.17) is 16.2 Å². The molecule has 5 heteroatoms. The predicted molar refractivity (Wildman–Crippen MR) is 31.8 cm³/mol. The Hall–Kier alpha value is 0.360. The molecule has 0 aliphatic rings. The molecule has 0 saturated heterocycles. The number of hydrogen-bond donors (Lipinski definition) is 1. The summed E-state index contributed by atoms with van der Waals surface area (Å²) in [5, 5.41) is 0. The van der Waals surface area contributed by atoms with Crippen molar-refractivity contribution in [1.82, 2.24) is 0 Å². The second kappa shape index (κ2) is 4.26. The average molecular weight is 159 g/mol. The number of alkyl halides is 1. The van der Waals surface area contributed by atoms with Gasteiger partial charge in [0.1, 0.15) is 5.56 Å². The van der Waals surface area contributed by atoms with Crippen molar-refractivity contribution in [3.63, 3.8) is 0 Å². The van der Waals surface area contributed by atoms with Gasteiger partial charge in [-0.1, -0.05) is 18.5 Å². The maximum absolute atomic E-state index is 9.77. The van der Waals surface area contributed by atoms with Crippen LogP contribution in [0.1, 0.15) is 13.3 Å². The summed E-state index contributed by atoms with van der Waals surface area (Å²) in [5.74, 6) is 0. The first-order valence-corrected chi connectivity index (χ1v) is 3.55. The van der Waals surface area contributed by atoms with Gasteiger partial charge in [0.15, 0.2) is 0 Å². The third-order valence-electron chi connectivity index (χ3n) is 0.508. The third kappa shape index (κ3) is 4.52. The fourth-order valence-corrected chi connectivity index (χ4v) is 0.659. The summed E-state index contributed by atoms with van der Waals surface area (Å²) < 4.78 is 22.0. The largest absolute Gasteiger partial charge is 0.303 e. The van der Waals surface area contributed by atoms with Gasteiger partial charge in [-0.25, -0.2) is 4.18 Å². The molecular formula is C3H7ClO3S. The highest BCUT2D eigenvalue weighted by Crippen LogP contribution is 2.03. The minimum Gasteiger partial charge on any atom is -0.284 e. The van der Waals surface area contributed by atoms with E-state index in [9.17, 15) is 4.21 Å². The summed E-state index contributed by atoms with van der Waals surface area (Å²) >= 11 is 3.06. The lowest BCUT2D eigenvalue weighted by molar-refractivity contribution is 0.272. The standard InChI is InChI=1S/C3H7ClO3S/c1-2-3(4)7-8(5)6/h3H,2H2,1H3,(H,5,6). The fraction of sp³-hybridized carbons (Fsp3) is 1.00. The number of halogens is 1. The zero-order chi connectivity index (χ0) is 6.57. The lowest BCUT2D eigenvalue weighted by Gasteiger charge is -2.00. The highest BCUT2D eigenvalue weighted by Gasteiger charge is 2.02. The van der Waals surface area contributed by atoms with Crippen LogP contribution in [0.2, 0.25) is 0 Å². The second-order valence-electron chi connectivity index (χ2n) is 1.13. The molecule has 0 aliphatic carbocycles. The molecule has 50 valence electrons. The van der Waals surface area contributed by atoms with Crippen LogP contribution in [0.5, 0.6) is 0 Å². The molecule has 0 bridgehead atoms. The molecule has 0 heterocycles. The predicted octanol–water partition coefficient (Wildman–Crippen LogP) is 1.11. The monoisotopic (exact) mass is 158 g/mol. The molecule has 0 amide bonds. The van der Waals surface area contributed by atoms with Crippen molar-refractivity contribution >= 4 is 23.0 Å². The van der Waals surface area contributed by atoms with Crippen LogP contribution in [0.4, 0.5) is 0 Å². The Balaban J connectivity index is 3.24. The maximum Gasteiger partial charge on any atom is 0.303 e. The van der Waals surface area contributed by atoms with E-state index in [1.807, 2.05) is 0 Å². The van der Waals surface area contributed by atoms with Gasteiger partial charge in [-0.05, 0) is 6.42 Å². The van der Waals surface area contributed by atoms with Gasteiger partial charge in [0.25, 0.3) is 0 Å². The van der Waals surface area contributed by atoms with Crippen LogP contribution >= 0.6 is 11.6 Å². The van der Waals surface area contributed by atoms with Crippen molar-refractivity contribution in [2.24, 2.45) is 0 Å². The summed E-state index contributed by atoms with van der Waals surface area (Å²) in [6.45, 7) is 1.75. The number of hydrogen-bond acceptors (Lipinski definition) is 2. The summed E-state index contributed by atoms with van der Waals surface area (Å²) in [6.07, 6.45) is 0.522. The van der Waals surface area contributed by atoms with E-state index >= 15 is 0 Å². The van der Waals surface area contributed by atoms with Crippen molar-refractivity contribution in [3.8, 4) is 0 Å². The molecule has 0 fully saturated rings. The van der Waals surface area contributed by atoms with Crippen molar-refractivity contribution in [3.05, 3.63) is 0 Å². The van der Waals surface area contributed by atoms with Crippen LogP contribution in [0, 0.1) is 0 Å². The van der Waals surface area contributed by atoms with E-state index in [1.54, 1.807) is 6.92 Å². The Kier molecular flexibility index (Phi) is 4.45. The van der Waals surface area contributed by atoms with E-state index in [2.05, 4.69) is 4.18 Å². The van der Waals surface area contributed by atoms with Gasteiger partial charge < -0.3 is 0 Å². The van der Waals surface area contributed by atoms with E-state index < -0.39 is 16.9 Å². The molecule has 0 aromatic heterocycles. The van der Waals surface area contributed by atoms with Gasteiger partial charge in [0.05, 0.1) is 0 Å². The molecule has 0 aromatic rings. The smallest absolute Gasteiger partial charge is 0.284 e.